The summed E-state index contributed by atoms with van der Waals surface area (Å²) in [5.41, 5.74) is 5.17. The van der Waals surface area contributed by atoms with E-state index in [0.29, 0.717) is 17.7 Å². The van der Waals surface area contributed by atoms with Gasteiger partial charge in [-0.1, -0.05) is 12.1 Å². The number of nitrogens with zero attached hydrogens (tertiary/aromatic N) is 7. The predicted octanol–water partition coefficient (Wildman–Crippen LogP) is 5.32. The average Bonchev–Trinajstić information content (AvgIpc) is 3.66. The van der Waals surface area contributed by atoms with Gasteiger partial charge in [0.05, 0.1) is 22.5 Å². The monoisotopic (exact) mass is 495 g/mol. The molecule has 2 unspecified atom stereocenters. The van der Waals surface area contributed by atoms with Gasteiger partial charge < -0.3 is 9.64 Å². The summed E-state index contributed by atoms with van der Waals surface area (Å²) >= 11 is 1.67. The van der Waals surface area contributed by atoms with E-state index < -0.39 is 0 Å². The van der Waals surface area contributed by atoms with Gasteiger partial charge in [-0.2, -0.15) is 15.0 Å². The Morgan fingerprint density at radius 3 is 2.64 bits per heavy atom. The maximum absolute atomic E-state index is 6.48. The minimum Gasteiger partial charge on any atom is -0.360 e. The molecule has 9 heteroatoms. The lowest BCUT2D eigenvalue weighted by Crippen LogP contribution is -2.17. The second-order valence-corrected chi connectivity index (χ2v) is 11.0. The maximum atomic E-state index is 6.48. The van der Waals surface area contributed by atoms with E-state index in [0.717, 1.165) is 39.7 Å². The van der Waals surface area contributed by atoms with Gasteiger partial charge in [-0.3, -0.25) is 9.55 Å². The lowest BCUT2D eigenvalue weighted by Gasteiger charge is -2.23. The summed E-state index contributed by atoms with van der Waals surface area (Å²) in [6, 6.07) is 8.83. The van der Waals surface area contributed by atoms with Crippen LogP contribution >= 0.6 is 11.3 Å². The Morgan fingerprint density at radius 2 is 1.86 bits per heavy atom. The molecule has 8 nitrogen and oxygen atoms in total. The summed E-state index contributed by atoms with van der Waals surface area (Å²) in [6.07, 6.45) is 9.23. The fourth-order valence-electron chi connectivity index (χ4n) is 5.56. The predicted molar refractivity (Wildman–Crippen MR) is 140 cm³/mol. The molecule has 2 bridgehead atoms. The Morgan fingerprint density at radius 1 is 1.03 bits per heavy atom. The lowest BCUT2D eigenvalue weighted by molar-refractivity contribution is -0.0662. The van der Waals surface area contributed by atoms with Crippen LogP contribution in [0.3, 0.4) is 0 Å². The van der Waals surface area contributed by atoms with E-state index in [9.17, 15) is 0 Å². The number of pyridine rings is 1. The van der Waals surface area contributed by atoms with Crippen molar-refractivity contribution in [3.05, 3.63) is 65.7 Å². The van der Waals surface area contributed by atoms with E-state index >= 15 is 0 Å². The van der Waals surface area contributed by atoms with Crippen molar-refractivity contribution in [1.29, 1.82) is 0 Å². The van der Waals surface area contributed by atoms with Crippen molar-refractivity contribution in [2.75, 3.05) is 19.0 Å². The van der Waals surface area contributed by atoms with E-state index in [1.807, 2.05) is 31.4 Å². The first kappa shape index (κ1) is 21.6. The van der Waals surface area contributed by atoms with Crippen LogP contribution in [0.1, 0.15) is 37.8 Å². The average molecular weight is 496 g/mol. The molecule has 2 aliphatic heterocycles. The van der Waals surface area contributed by atoms with Gasteiger partial charge >= 0.3 is 0 Å². The second kappa shape index (κ2) is 7.41. The largest absolute Gasteiger partial charge is 0.360 e. The number of fused-ring (bicyclic) bond motifs is 6. The molecule has 4 aromatic heterocycles. The van der Waals surface area contributed by atoms with Crippen LogP contribution < -0.4 is 4.90 Å². The maximum Gasteiger partial charge on any atom is 0.240 e. The van der Waals surface area contributed by atoms with Crippen molar-refractivity contribution in [2.24, 2.45) is 0 Å². The van der Waals surface area contributed by atoms with Gasteiger partial charge in [-0.05, 0) is 55.3 Å². The number of thiophene rings is 1. The lowest BCUT2D eigenvalue weighted by atomic mass is 9.77. The first-order chi connectivity index (χ1) is 17.3. The van der Waals surface area contributed by atoms with Crippen LogP contribution in [0, 0.1) is 0 Å². The number of aromatic nitrogens is 6. The summed E-state index contributed by atoms with van der Waals surface area (Å²) < 4.78 is 9.36. The zero-order valence-corrected chi connectivity index (χ0v) is 21.4. The molecule has 0 saturated carbocycles. The number of rotatable bonds is 4. The highest BCUT2D eigenvalue weighted by atomic mass is 32.1. The van der Waals surface area contributed by atoms with Crippen molar-refractivity contribution in [1.82, 2.24) is 29.5 Å². The summed E-state index contributed by atoms with van der Waals surface area (Å²) in [5.74, 6) is 1.68. The Labute approximate surface area is 212 Å². The standard InChI is InChI=1S/C27H25N7OS/c1-26-8-9-27(2,35-26)20-13-16(5-6-19(20)26)21-17-7-12-36-22(17)18(14-29-21)23-30-24(33(3)4)32-25(31-23)34-11-10-28-15-34/h5-7,10-15H,8-9H2,1-4H3. The minimum absolute atomic E-state index is 0.173. The Kier molecular flexibility index (Phi) is 4.44. The highest BCUT2D eigenvalue weighted by Gasteiger charge is 2.54. The molecule has 6 heterocycles. The van der Waals surface area contributed by atoms with Crippen molar-refractivity contribution in [2.45, 2.75) is 37.9 Å². The molecule has 0 aliphatic carbocycles. The van der Waals surface area contributed by atoms with Gasteiger partial charge in [-0.25, -0.2) is 4.98 Å². The van der Waals surface area contributed by atoms with E-state index in [1.54, 1.807) is 28.4 Å². The van der Waals surface area contributed by atoms with Crippen molar-refractivity contribution < 1.29 is 4.74 Å². The first-order valence-electron chi connectivity index (χ1n) is 12.0. The van der Waals surface area contributed by atoms with Crippen molar-refractivity contribution in [3.63, 3.8) is 0 Å². The number of ether oxygens (including phenoxy) is 1. The van der Waals surface area contributed by atoms with Crippen LogP contribution in [0.2, 0.25) is 0 Å². The molecular formula is C27H25N7OS. The zero-order valence-electron chi connectivity index (χ0n) is 20.6. The third-order valence-corrected chi connectivity index (χ3v) is 8.39. The quantitative estimate of drug-likeness (QED) is 0.334. The molecule has 2 atom stereocenters. The number of imidazole rings is 1. The molecule has 7 rings (SSSR count). The number of hydrogen-bond acceptors (Lipinski definition) is 8. The smallest absolute Gasteiger partial charge is 0.240 e. The van der Waals surface area contributed by atoms with Crippen LogP contribution in [-0.2, 0) is 15.9 Å². The zero-order chi connectivity index (χ0) is 24.7. The number of hydrogen-bond donors (Lipinski definition) is 0. The summed E-state index contributed by atoms with van der Waals surface area (Å²) in [6.45, 7) is 4.42. The molecular weight excluding hydrogens is 470 g/mol. The molecule has 36 heavy (non-hydrogen) atoms. The van der Waals surface area contributed by atoms with E-state index in [2.05, 4.69) is 53.5 Å². The van der Waals surface area contributed by atoms with Crippen LogP contribution in [0.5, 0.6) is 0 Å². The molecule has 5 aromatic rings. The van der Waals surface area contributed by atoms with Gasteiger partial charge in [-0.15, -0.1) is 11.3 Å². The second-order valence-electron chi connectivity index (χ2n) is 10.1. The molecule has 1 fully saturated rings. The molecule has 0 amide bonds. The highest BCUT2D eigenvalue weighted by molar-refractivity contribution is 7.17. The van der Waals surface area contributed by atoms with Crippen LogP contribution in [0.25, 0.3) is 38.7 Å². The number of benzene rings is 1. The van der Waals surface area contributed by atoms with Gasteiger partial charge in [0, 0.05) is 48.3 Å². The third kappa shape index (κ3) is 3.06. The first-order valence-corrected chi connectivity index (χ1v) is 12.9. The summed E-state index contributed by atoms with van der Waals surface area (Å²) in [4.78, 5) is 25.1. The molecule has 180 valence electrons. The Balaban J connectivity index is 1.37. The van der Waals surface area contributed by atoms with E-state index in [4.69, 9.17) is 19.7 Å². The fraction of sp³-hybridized carbons (Fsp3) is 0.296. The number of anilines is 1. The van der Waals surface area contributed by atoms with Gasteiger partial charge in [0.2, 0.25) is 11.9 Å². The molecule has 0 radical (unpaired) electrons. The SMILES string of the molecule is CN(C)c1nc(-c2cnc(-c3ccc4c(c3)C3(C)CCC4(C)O3)c3ccsc23)nc(-n2ccnc2)n1. The molecule has 0 N–H and O–H groups in total. The van der Waals surface area contributed by atoms with Crippen molar-refractivity contribution >= 4 is 27.4 Å². The van der Waals surface area contributed by atoms with Crippen LogP contribution in [0.15, 0.2) is 54.6 Å². The van der Waals surface area contributed by atoms with Crippen molar-refractivity contribution in [3.8, 4) is 28.6 Å². The van der Waals surface area contributed by atoms with Gasteiger partial charge in [0.1, 0.15) is 6.33 Å². The Hall–Kier alpha value is -3.69. The normalized spacial score (nSPS) is 22.3. The highest BCUT2D eigenvalue weighted by Crippen LogP contribution is 2.58. The molecule has 1 saturated heterocycles. The molecule has 2 aliphatic rings. The van der Waals surface area contributed by atoms with E-state index in [-0.39, 0.29) is 11.2 Å². The van der Waals surface area contributed by atoms with E-state index in [1.165, 1.54) is 11.1 Å². The Bertz CT molecular complexity index is 1640. The molecule has 1 aromatic carbocycles. The molecule has 0 spiro atoms. The van der Waals surface area contributed by atoms with Gasteiger partial charge in [0.15, 0.2) is 5.82 Å². The van der Waals surface area contributed by atoms with Crippen LogP contribution in [-0.4, -0.2) is 43.6 Å². The van der Waals surface area contributed by atoms with Gasteiger partial charge in [0.25, 0.3) is 0 Å². The fourth-order valence-corrected chi connectivity index (χ4v) is 6.47. The summed E-state index contributed by atoms with van der Waals surface area (Å²) in [5, 5.41) is 3.19. The summed E-state index contributed by atoms with van der Waals surface area (Å²) in [7, 11) is 3.84. The minimum atomic E-state index is -0.217. The third-order valence-electron chi connectivity index (χ3n) is 7.44. The van der Waals surface area contributed by atoms with Crippen LogP contribution in [0.4, 0.5) is 5.95 Å². The topological polar surface area (TPSA) is 81.9 Å².